The van der Waals surface area contributed by atoms with Gasteiger partial charge in [-0.05, 0) is 32.3 Å². The zero-order valence-corrected chi connectivity index (χ0v) is 11.3. The Bertz CT molecular complexity index is 543. The molecule has 1 atom stereocenters. The highest BCUT2D eigenvalue weighted by Crippen LogP contribution is 2.38. The number of hydrogen-bond donors (Lipinski definition) is 1. The van der Waals surface area contributed by atoms with Crippen LogP contribution in [0.1, 0.15) is 43.0 Å². The highest BCUT2D eigenvalue weighted by Gasteiger charge is 2.29. The second kappa shape index (κ2) is 5.13. The zero-order chi connectivity index (χ0) is 13.2. The maximum atomic E-state index is 5.61. The van der Waals surface area contributed by atoms with Gasteiger partial charge in [-0.2, -0.15) is 5.10 Å². The molecule has 1 aliphatic rings. The van der Waals surface area contributed by atoms with Crippen molar-refractivity contribution in [1.29, 1.82) is 0 Å². The van der Waals surface area contributed by atoms with Crippen LogP contribution in [-0.4, -0.2) is 26.0 Å². The van der Waals surface area contributed by atoms with Crippen molar-refractivity contribution in [2.24, 2.45) is 0 Å². The lowest BCUT2D eigenvalue weighted by atomic mass is 10.3. The summed E-state index contributed by atoms with van der Waals surface area (Å²) in [6.45, 7) is 5.60. The first-order valence-corrected chi connectivity index (χ1v) is 6.75. The van der Waals surface area contributed by atoms with Crippen molar-refractivity contribution in [2.45, 2.75) is 51.7 Å². The number of hydrogen-bond acceptors (Lipinski definition) is 5. The lowest BCUT2D eigenvalue weighted by Gasteiger charge is -2.12. The van der Waals surface area contributed by atoms with E-state index < -0.39 is 0 Å². The average Bonchev–Trinajstić information content (AvgIpc) is 2.99. The smallest absolute Gasteiger partial charge is 0.230 e. The maximum Gasteiger partial charge on any atom is 0.230 e. The Morgan fingerprint density at radius 3 is 3.00 bits per heavy atom. The zero-order valence-electron chi connectivity index (χ0n) is 11.3. The summed E-state index contributed by atoms with van der Waals surface area (Å²) in [5.74, 6) is 1.99. The Morgan fingerprint density at radius 1 is 1.47 bits per heavy atom. The SMILES string of the molecule is Cc1cnn(CC(C)NCc2nnc(C3CC3)o2)c1. The van der Waals surface area contributed by atoms with Crippen LogP contribution >= 0.6 is 0 Å². The molecule has 0 spiro atoms. The van der Waals surface area contributed by atoms with Gasteiger partial charge in [0.15, 0.2) is 0 Å². The predicted molar refractivity (Wildman–Crippen MR) is 69.5 cm³/mol. The normalized spacial score (nSPS) is 16.7. The number of nitrogens with one attached hydrogen (secondary N) is 1. The van der Waals surface area contributed by atoms with Crippen LogP contribution in [-0.2, 0) is 13.1 Å². The maximum absolute atomic E-state index is 5.61. The molecule has 1 saturated carbocycles. The van der Waals surface area contributed by atoms with Crippen molar-refractivity contribution < 1.29 is 4.42 Å². The third-order valence-corrected chi connectivity index (χ3v) is 3.23. The fraction of sp³-hybridized carbons (Fsp3) is 0.615. The van der Waals surface area contributed by atoms with E-state index in [1.165, 1.54) is 18.4 Å². The van der Waals surface area contributed by atoms with Crippen LogP contribution in [0.15, 0.2) is 16.8 Å². The molecule has 0 aromatic carbocycles. The van der Waals surface area contributed by atoms with E-state index in [1.807, 2.05) is 24.0 Å². The van der Waals surface area contributed by atoms with Gasteiger partial charge >= 0.3 is 0 Å². The second-order valence-electron chi connectivity index (χ2n) is 5.33. The molecule has 0 radical (unpaired) electrons. The standard InChI is InChI=1S/C13H19N5O/c1-9-5-15-18(7-9)8-10(2)14-6-12-16-17-13(19-12)11-3-4-11/h5,7,10-11,14H,3-4,6,8H2,1-2H3. The van der Waals surface area contributed by atoms with Gasteiger partial charge in [-0.25, -0.2) is 0 Å². The van der Waals surface area contributed by atoms with Crippen LogP contribution in [0.3, 0.4) is 0 Å². The fourth-order valence-corrected chi connectivity index (χ4v) is 2.01. The Hall–Kier alpha value is -1.69. The molecule has 2 heterocycles. The molecule has 0 bridgehead atoms. The molecule has 2 aromatic rings. The second-order valence-corrected chi connectivity index (χ2v) is 5.33. The van der Waals surface area contributed by atoms with E-state index in [9.17, 15) is 0 Å². The Balaban J connectivity index is 1.47. The summed E-state index contributed by atoms with van der Waals surface area (Å²) in [6.07, 6.45) is 6.27. The molecule has 0 aliphatic heterocycles. The average molecular weight is 261 g/mol. The molecule has 3 rings (SSSR count). The van der Waals surface area contributed by atoms with E-state index >= 15 is 0 Å². The van der Waals surface area contributed by atoms with E-state index in [0.29, 0.717) is 24.4 Å². The number of aryl methyl sites for hydroxylation is 1. The van der Waals surface area contributed by atoms with Crippen LogP contribution in [0, 0.1) is 6.92 Å². The number of aromatic nitrogens is 4. The van der Waals surface area contributed by atoms with Gasteiger partial charge < -0.3 is 9.73 Å². The van der Waals surface area contributed by atoms with E-state index in [1.54, 1.807) is 0 Å². The van der Waals surface area contributed by atoms with Gasteiger partial charge in [0.05, 0.1) is 19.3 Å². The topological polar surface area (TPSA) is 68.8 Å². The van der Waals surface area contributed by atoms with Crippen molar-refractivity contribution in [1.82, 2.24) is 25.3 Å². The Labute approximate surface area is 112 Å². The predicted octanol–water partition coefficient (Wildman–Crippen LogP) is 1.63. The summed E-state index contributed by atoms with van der Waals surface area (Å²) >= 11 is 0. The van der Waals surface area contributed by atoms with E-state index in [2.05, 4.69) is 27.5 Å². The summed E-state index contributed by atoms with van der Waals surface area (Å²) in [4.78, 5) is 0. The van der Waals surface area contributed by atoms with Crippen LogP contribution < -0.4 is 5.32 Å². The van der Waals surface area contributed by atoms with Crippen molar-refractivity contribution in [3.63, 3.8) is 0 Å². The van der Waals surface area contributed by atoms with Gasteiger partial charge in [0, 0.05) is 18.2 Å². The Morgan fingerprint density at radius 2 is 2.32 bits per heavy atom. The summed E-state index contributed by atoms with van der Waals surface area (Å²) in [7, 11) is 0. The quantitative estimate of drug-likeness (QED) is 0.856. The minimum Gasteiger partial charge on any atom is -0.424 e. The third-order valence-electron chi connectivity index (χ3n) is 3.23. The van der Waals surface area contributed by atoms with E-state index in [0.717, 1.165) is 12.4 Å². The first-order valence-electron chi connectivity index (χ1n) is 6.75. The molecular weight excluding hydrogens is 242 g/mol. The van der Waals surface area contributed by atoms with Gasteiger partial charge in [0.1, 0.15) is 0 Å². The first-order chi connectivity index (χ1) is 9.20. The summed E-state index contributed by atoms with van der Waals surface area (Å²) in [6, 6.07) is 0.301. The largest absolute Gasteiger partial charge is 0.424 e. The highest BCUT2D eigenvalue weighted by atomic mass is 16.4. The van der Waals surface area contributed by atoms with E-state index in [-0.39, 0.29) is 0 Å². The van der Waals surface area contributed by atoms with Crippen LogP contribution in [0.25, 0.3) is 0 Å². The van der Waals surface area contributed by atoms with Crippen LogP contribution in [0.2, 0.25) is 0 Å². The monoisotopic (exact) mass is 261 g/mol. The summed E-state index contributed by atoms with van der Waals surface area (Å²) in [5.41, 5.74) is 1.18. The molecule has 0 amide bonds. The summed E-state index contributed by atoms with van der Waals surface area (Å²) in [5, 5.41) is 15.8. The molecule has 2 aromatic heterocycles. The Kier molecular flexibility index (Phi) is 3.33. The first kappa shape index (κ1) is 12.3. The highest BCUT2D eigenvalue weighted by molar-refractivity contribution is 5.00. The number of nitrogens with zero attached hydrogens (tertiary/aromatic N) is 4. The molecule has 1 unspecified atom stereocenters. The van der Waals surface area contributed by atoms with Crippen molar-refractivity contribution >= 4 is 0 Å². The molecular formula is C13H19N5O. The van der Waals surface area contributed by atoms with Crippen LogP contribution in [0.5, 0.6) is 0 Å². The molecule has 6 heteroatoms. The van der Waals surface area contributed by atoms with Crippen molar-refractivity contribution in [3.05, 3.63) is 29.7 Å². The summed E-state index contributed by atoms with van der Waals surface area (Å²) < 4.78 is 7.55. The molecule has 19 heavy (non-hydrogen) atoms. The van der Waals surface area contributed by atoms with Crippen molar-refractivity contribution in [2.75, 3.05) is 0 Å². The number of rotatable bonds is 6. The van der Waals surface area contributed by atoms with Gasteiger partial charge in [0.2, 0.25) is 11.8 Å². The van der Waals surface area contributed by atoms with Gasteiger partial charge in [0.25, 0.3) is 0 Å². The van der Waals surface area contributed by atoms with E-state index in [4.69, 9.17) is 4.42 Å². The molecule has 6 nitrogen and oxygen atoms in total. The van der Waals surface area contributed by atoms with Gasteiger partial charge in [-0.3, -0.25) is 4.68 Å². The lowest BCUT2D eigenvalue weighted by molar-refractivity contribution is 0.394. The molecule has 0 saturated heterocycles. The molecule has 102 valence electrons. The van der Waals surface area contributed by atoms with Gasteiger partial charge in [-0.1, -0.05) is 0 Å². The van der Waals surface area contributed by atoms with Crippen LogP contribution in [0.4, 0.5) is 0 Å². The van der Waals surface area contributed by atoms with Gasteiger partial charge in [-0.15, -0.1) is 10.2 Å². The van der Waals surface area contributed by atoms with Crippen molar-refractivity contribution in [3.8, 4) is 0 Å². The lowest BCUT2D eigenvalue weighted by Crippen LogP contribution is -2.30. The minimum absolute atomic E-state index is 0.301. The fourth-order valence-electron chi connectivity index (χ4n) is 2.01. The molecule has 1 fully saturated rings. The minimum atomic E-state index is 0.301. The molecule has 1 N–H and O–H groups in total. The third kappa shape index (κ3) is 3.20. The molecule has 1 aliphatic carbocycles.